The molecule has 1 aliphatic rings. The van der Waals surface area contributed by atoms with Gasteiger partial charge in [0.15, 0.2) is 6.10 Å². The Morgan fingerprint density at radius 3 is 2.42 bits per heavy atom. The number of rotatable bonds is 2. The molecular formula is C6H5ClO5. The molecule has 0 bridgehead atoms. The van der Waals surface area contributed by atoms with Gasteiger partial charge in [0.2, 0.25) is 0 Å². The maximum atomic E-state index is 10.8. The average molecular weight is 193 g/mol. The molecule has 0 aromatic carbocycles. The van der Waals surface area contributed by atoms with Gasteiger partial charge in [0.1, 0.15) is 6.10 Å². The van der Waals surface area contributed by atoms with Crippen LogP contribution in [0.2, 0.25) is 0 Å². The second-order valence-corrected chi connectivity index (χ2v) is 2.55. The third-order valence-electron chi connectivity index (χ3n) is 1.41. The van der Waals surface area contributed by atoms with Crippen molar-refractivity contribution in [3.63, 3.8) is 0 Å². The molecule has 1 saturated heterocycles. The zero-order valence-corrected chi connectivity index (χ0v) is 6.58. The van der Waals surface area contributed by atoms with Gasteiger partial charge in [-0.1, -0.05) is 0 Å². The lowest BCUT2D eigenvalue weighted by Crippen LogP contribution is -2.34. The van der Waals surface area contributed by atoms with Crippen molar-refractivity contribution in [3.05, 3.63) is 0 Å². The van der Waals surface area contributed by atoms with Crippen LogP contribution in [-0.4, -0.2) is 40.7 Å². The normalized spacial score (nSPS) is 25.8. The van der Waals surface area contributed by atoms with Gasteiger partial charge in [-0.25, -0.2) is 4.79 Å². The fourth-order valence-corrected chi connectivity index (χ4v) is 0.948. The third kappa shape index (κ3) is 1.33. The van der Waals surface area contributed by atoms with Crippen molar-refractivity contribution in [1.82, 2.24) is 0 Å². The van der Waals surface area contributed by atoms with Crippen molar-refractivity contribution >= 4 is 29.1 Å². The number of ether oxygens (including phenoxy) is 1. The van der Waals surface area contributed by atoms with E-state index in [9.17, 15) is 14.4 Å². The Labute approximate surface area is 72.3 Å². The molecule has 1 heterocycles. The number of halogens is 1. The Balaban J connectivity index is 2.78. The zero-order chi connectivity index (χ0) is 9.30. The van der Waals surface area contributed by atoms with Crippen LogP contribution in [0.5, 0.6) is 0 Å². The molecule has 0 saturated carbocycles. The highest BCUT2D eigenvalue weighted by Crippen LogP contribution is 2.11. The molecule has 0 aromatic heterocycles. The second kappa shape index (κ2) is 3.20. The molecule has 1 fully saturated rings. The van der Waals surface area contributed by atoms with Gasteiger partial charge in [0.05, 0.1) is 5.88 Å². The summed E-state index contributed by atoms with van der Waals surface area (Å²) in [5, 5.41) is 8.98. The lowest BCUT2D eigenvalue weighted by atomic mass is 10.1. The first-order chi connectivity index (χ1) is 5.57. The smallest absolute Gasteiger partial charge is 0.383 e. The van der Waals surface area contributed by atoms with Crippen LogP contribution in [0.1, 0.15) is 0 Å². The van der Waals surface area contributed by atoms with Crippen LogP contribution in [-0.2, 0) is 19.1 Å². The van der Waals surface area contributed by atoms with E-state index in [1.807, 2.05) is 0 Å². The number of cyclic esters (lactones) is 1. The van der Waals surface area contributed by atoms with Crippen molar-refractivity contribution in [2.45, 2.75) is 12.2 Å². The lowest BCUT2D eigenvalue weighted by Gasteiger charge is -2.10. The van der Waals surface area contributed by atoms with E-state index in [-0.39, 0.29) is 5.88 Å². The Kier molecular flexibility index (Phi) is 2.44. The van der Waals surface area contributed by atoms with Crippen LogP contribution in [0.3, 0.4) is 0 Å². The predicted molar refractivity (Wildman–Crippen MR) is 36.6 cm³/mol. The Morgan fingerprint density at radius 2 is 2.08 bits per heavy atom. The van der Waals surface area contributed by atoms with Crippen LogP contribution in [0.4, 0.5) is 0 Å². The van der Waals surface area contributed by atoms with Gasteiger partial charge in [0, 0.05) is 0 Å². The van der Waals surface area contributed by atoms with Crippen LogP contribution in [0.15, 0.2) is 0 Å². The number of ketones is 2. The fourth-order valence-electron chi connectivity index (χ4n) is 0.786. The first-order valence-electron chi connectivity index (χ1n) is 3.11. The number of aliphatic hydroxyl groups is 1. The molecule has 1 N–H and O–H groups in total. The summed E-state index contributed by atoms with van der Waals surface area (Å²) < 4.78 is 4.27. The number of alkyl halides is 1. The summed E-state index contributed by atoms with van der Waals surface area (Å²) in [6.07, 6.45) is -2.72. The monoisotopic (exact) mass is 192 g/mol. The summed E-state index contributed by atoms with van der Waals surface area (Å²) in [4.78, 5) is 31.8. The van der Waals surface area contributed by atoms with E-state index >= 15 is 0 Å². The summed E-state index contributed by atoms with van der Waals surface area (Å²) in [7, 11) is 0. The highest BCUT2D eigenvalue weighted by atomic mass is 35.5. The van der Waals surface area contributed by atoms with Gasteiger partial charge in [-0.05, 0) is 0 Å². The number of hydrogen-bond acceptors (Lipinski definition) is 5. The molecule has 66 valence electrons. The van der Waals surface area contributed by atoms with Crippen LogP contribution in [0, 0.1) is 0 Å². The zero-order valence-electron chi connectivity index (χ0n) is 5.82. The van der Waals surface area contributed by atoms with Gasteiger partial charge in [-0.3, -0.25) is 9.59 Å². The molecule has 0 spiro atoms. The molecule has 0 radical (unpaired) electrons. The number of aliphatic hydroxyl groups excluding tert-OH is 1. The number of hydrogen-bond donors (Lipinski definition) is 1. The summed E-state index contributed by atoms with van der Waals surface area (Å²) >= 11 is 5.19. The molecule has 12 heavy (non-hydrogen) atoms. The highest BCUT2D eigenvalue weighted by molar-refractivity contribution is 6.65. The van der Waals surface area contributed by atoms with Gasteiger partial charge >= 0.3 is 11.8 Å². The summed E-state index contributed by atoms with van der Waals surface area (Å²) in [5.74, 6) is -3.76. The molecule has 0 amide bonds. The molecule has 2 atom stereocenters. The van der Waals surface area contributed by atoms with Gasteiger partial charge in [-0.2, -0.15) is 0 Å². The van der Waals surface area contributed by atoms with E-state index in [4.69, 9.17) is 16.7 Å². The van der Waals surface area contributed by atoms with Crippen molar-refractivity contribution < 1.29 is 24.2 Å². The molecule has 0 aliphatic carbocycles. The molecule has 0 aromatic rings. The number of esters is 1. The van der Waals surface area contributed by atoms with E-state index in [1.165, 1.54) is 0 Å². The molecule has 5 nitrogen and oxygen atoms in total. The van der Waals surface area contributed by atoms with Crippen molar-refractivity contribution in [1.29, 1.82) is 0 Å². The Bertz CT molecular complexity index is 248. The highest BCUT2D eigenvalue weighted by Gasteiger charge is 2.45. The lowest BCUT2D eigenvalue weighted by molar-refractivity contribution is -0.150. The Hall–Kier alpha value is -0.940. The topological polar surface area (TPSA) is 80.7 Å². The SMILES string of the molecule is O=C1O[C@H]([C@@H](O)CCl)C(=O)C1=O. The molecule has 6 heteroatoms. The van der Waals surface area contributed by atoms with Gasteiger partial charge in [0.25, 0.3) is 5.78 Å². The van der Waals surface area contributed by atoms with Crippen molar-refractivity contribution in [2.75, 3.05) is 5.88 Å². The van der Waals surface area contributed by atoms with Crippen molar-refractivity contribution in [2.24, 2.45) is 0 Å². The van der Waals surface area contributed by atoms with Crippen LogP contribution >= 0.6 is 11.6 Å². The minimum absolute atomic E-state index is 0.267. The third-order valence-corrected chi connectivity index (χ3v) is 1.73. The minimum Gasteiger partial charge on any atom is -0.445 e. The van der Waals surface area contributed by atoms with E-state index in [0.717, 1.165) is 0 Å². The van der Waals surface area contributed by atoms with Crippen LogP contribution in [0.25, 0.3) is 0 Å². The number of carbonyl (C=O) groups excluding carboxylic acids is 3. The summed E-state index contributed by atoms with van der Waals surface area (Å²) in [5.41, 5.74) is 0. The predicted octanol–water partition coefficient (Wildman–Crippen LogP) is -1.35. The average Bonchev–Trinajstić information content (AvgIpc) is 2.32. The molecular weight excluding hydrogens is 188 g/mol. The van der Waals surface area contributed by atoms with E-state index in [1.54, 1.807) is 0 Å². The number of Topliss-reactive ketones (excluding diaryl/α,β-unsaturated/α-hetero) is 2. The van der Waals surface area contributed by atoms with Crippen LogP contribution < -0.4 is 0 Å². The van der Waals surface area contributed by atoms with E-state index < -0.39 is 29.7 Å². The van der Waals surface area contributed by atoms with E-state index in [0.29, 0.717) is 0 Å². The fraction of sp³-hybridized carbons (Fsp3) is 0.500. The van der Waals surface area contributed by atoms with Gasteiger partial charge < -0.3 is 9.84 Å². The quantitative estimate of drug-likeness (QED) is 0.332. The summed E-state index contributed by atoms with van der Waals surface area (Å²) in [6, 6.07) is 0. The van der Waals surface area contributed by atoms with Crippen molar-refractivity contribution in [3.8, 4) is 0 Å². The molecule has 0 unspecified atom stereocenters. The first kappa shape index (κ1) is 9.15. The van der Waals surface area contributed by atoms with Gasteiger partial charge in [-0.15, -0.1) is 11.6 Å². The standard InChI is InChI=1S/C6H5ClO5/c7-1-2(8)5-3(9)4(10)6(11)12-5/h2,5,8H,1H2/t2-,5+/m0/s1. The largest absolute Gasteiger partial charge is 0.445 e. The maximum Gasteiger partial charge on any atom is 0.383 e. The minimum atomic E-state index is -1.41. The summed E-state index contributed by atoms with van der Waals surface area (Å²) in [6.45, 7) is 0. The molecule has 1 rings (SSSR count). The second-order valence-electron chi connectivity index (χ2n) is 2.24. The Morgan fingerprint density at radius 1 is 1.50 bits per heavy atom. The van der Waals surface area contributed by atoms with E-state index in [2.05, 4.69) is 4.74 Å². The number of carbonyl (C=O) groups is 3. The first-order valence-corrected chi connectivity index (χ1v) is 3.64. The maximum absolute atomic E-state index is 10.8. The molecule has 1 aliphatic heterocycles.